The van der Waals surface area contributed by atoms with Crippen LogP contribution in [0.15, 0.2) is 35.3 Å². The zero-order valence-corrected chi connectivity index (χ0v) is 21.0. The van der Waals surface area contributed by atoms with Gasteiger partial charge in [-0.05, 0) is 64.9 Å². The van der Waals surface area contributed by atoms with Gasteiger partial charge in [0.2, 0.25) is 0 Å². The number of guanidine groups is 1. The summed E-state index contributed by atoms with van der Waals surface area (Å²) in [5.41, 5.74) is 4.53. The molecule has 1 aliphatic rings. The Bertz CT molecular complexity index is 778. The van der Waals surface area contributed by atoms with E-state index in [1.54, 1.807) is 0 Å². The Labute approximate surface area is 198 Å². The van der Waals surface area contributed by atoms with Crippen molar-refractivity contribution in [2.75, 3.05) is 33.2 Å². The van der Waals surface area contributed by atoms with E-state index < -0.39 is 0 Å². The highest BCUT2D eigenvalue weighted by molar-refractivity contribution is 14.0. The van der Waals surface area contributed by atoms with Gasteiger partial charge in [-0.1, -0.05) is 31.0 Å². The SMILES string of the molecule is CN=C(NCCCN1CCCCCC1)NCc1c(C)nn(-c2ccccc2)c1C.I. The molecule has 0 radical (unpaired) electrons. The fourth-order valence-corrected chi connectivity index (χ4v) is 4.01. The molecule has 0 unspecified atom stereocenters. The Morgan fingerprint density at radius 3 is 2.40 bits per heavy atom. The van der Waals surface area contributed by atoms with Crippen molar-refractivity contribution in [3.05, 3.63) is 47.3 Å². The number of hydrogen-bond acceptors (Lipinski definition) is 3. The third-order valence-electron chi connectivity index (χ3n) is 5.74. The van der Waals surface area contributed by atoms with E-state index in [2.05, 4.69) is 46.5 Å². The largest absolute Gasteiger partial charge is 0.356 e. The number of nitrogens with one attached hydrogen (secondary N) is 2. The van der Waals surface area contributed by atoms with Crippen LogP contribution in [0.25, 0.3) is 5.69 Å². The number of aromatic nitrogens is 2. The second-order valence-electron chi connectivity index (χ2n) is 7.86. The molecule has 0 aliphatic carbocycles. The van der Waals surface area contributed by atoms with Gasteiger partial charge in [0.15, 0.2) is 5.96 Å². The Balaban J connectivity index is 0.00000320. The third kappa shape index (κ3) is 6.97. The van der Waals surface area contributed by atoms with Gasteiger partial charge in [-0.2, -0.15) is 5.10 Å². The lowest BCUT2D eigenvalue weighted by atomic mass is 10.2. The van der Waals surface area contributed by atoms with E-state index in [-0.39, 0.29) is 24.0 Å². The zero-order chi connectivity index (χ0) is 20.5. The quantitative estimate of drug-likeness (QED) is 0.249. The van der Waals surface area contributed by atoms with E-state index in [0.29, 0.717) is 0 Å². The number of aryl methyl sites for hydroxylation is 1. The molecular formula is C23H37IN6. The first kappa shape index (κ1) is 24.7. The van der Waals surface area contributed by atoms with E-state index >= 15 is 0 Å². The first-order chi connectivity index (χ1) is 14.2. The fourth-order valence-electron chi connectivity index (χ4n) is 4.01. The monoisotopic (exact) mass is 524 g/mol. The zero-order valence-electron chi connectivity index (χ0n) is 18.7. The second kappa shape index (κ2) is 12.9. The van der Waals surface area contributed by atoms with E-state index in [4.69, 9.17) is 5.10 Å². The van der Waals surface area contributed by atoms with Crippen LogP contribution in [-0.4, -0.2) is 53.9 Å². The first-order valence-electron chi connectivity index (χ1n) is 11.0. The Morgan fingerprint density at radius 1 is 1.03 bits per heavy atom. The van der Waals surface area contributed by atoms with Crippen molar-refractivity contribution >= 4 is 29.9 Å². The molecule has 2 aromatic rings. The molecule has 3 rings (SSSR count). The van der Waals surface area contributed by atoms with Gasteiger partial charge in [-0.25, -0.2) is 4.68 Å². The number of para-hydroxylation sites is 1. The lowest BCUT2D eigenvalue weighted by Crippen LogP contribution is -2.38. The van der Waals surface area contributed by atoms with Gasteiger partial charge in [0.05, 0.1) is 11.4 Å². The third-order valence-corrected chi connectivity index (χ3v) is 5.74. The maximum Gasteiger partial charge on any atom is 0.191 e. The lowest BCUT2D eigenvalue weighted by molar-refractivity contribution is 0.282. The predicted octanol–water partition coefficient (Wildman–Crippen LogP) is 4.04. The maximum absolute atomic E-state index is 4.73. The molecule has 0 saturated carbocycles. The molecule has 2 heterocycles. The minimum atomic E-state index is 0. The summed E-state index contributed by atoms with van der Waals surface area (Å²) in [6, 6.07) is 10.3. The summed E-state index contributed by atoms with van der Waals surface area (Å²) >= 11 is 0. The van der Waals surface area contributed by atoms with Crippen molar-refractivity contribution in [2.45, 2.75) is 52.5 Å². The van der Waals surface area contributed by atoms with E-state index in [1.165, 1.54) is 50.9 Å². The normalized spacial score (nSPS) is 15.4. The number of nitrogens with zero attached hydrogens (tertiary/aromatic N) is 4. The van der Waals surface area contributed by atoms with Crippen LogP contribution in [-0.2, 0) is 6.54 Å². The van der Waals surface area contributed by atoms with E-state index in [0.717, 1.165) is 42.5 Å². The molecular weight excluding hydrogens is 487 g/mol. The molecule has 1 fully saturated rings. The van der Waals surface area contributed by atoms with Gasteiger partial charge in [0, 0.05) is 31.4 Å². The molecule has 0 spiro atoms. The summed E-state index contributed by atoms with van der Waals surface area (Å²) in [6.45, 7) is 9.55. The average Bonchev–Trinajstić information content (AvgIpc) is 2.91. The van der Waals surface area contributed by atoms with Crippen LogP contribution < -0.4 is 10.6 Å². The minimum absolute atomic E-state index is 0. The molecule has 6 nitrogen and oxygen atoms in total. The van der Waals surface area contributed by atoms with Gasteiger partial charge < -0.3 is 15.5 Å². The van der Waals surface area contributed by atoms with Gasteiger partial charge >= 0.3 is 0 Å². The summed E-state index contributed by atoms with van der Waals surface area (Å²) < 4.78 is 2.02. The second-order valence-corrected chi connectivity index (χ2v) is 7.86. The van der Waals surface area contributed by atoms with Crippen LogP contribution in [0.3, 0.4) is 0 Å². The number of rotatable bonds is 7. The summed E-state index contributed by atoms with van der Waals surface area (Å²) in [6.07, 6.45) is 6.64. The molecule has 1 aliphatic heterocycles. The minimum Gasteiger partial charge on any atom is -0.356 e. The predicted molar refractivity (Wildman–Crippen MR) is 136 cm³/mol. The van der Waals surface area contributed by atoms with Crippen molar-refractivity contribution < 1.29 is 0 Å². The molecule has 1 saturated heterocycles. The highest BCUT2D eigenvalue weighted by Gasteiger charge is 2.13. The summed E-state index contributed by atoms with van der Waals surface area (Å²) in [4.78, 5) is 6.99. The van der Waals surface area contributed by atoms with Crippen molar-refractivity contribution in [3.63, 3.8) is 0 Å². The van der Waals surface area contributed by atoms with Crippen LogP contribution in [0.2, 0.25) is 0 Å². The van der Waals surface area contributed by atoms with Crippen molar-refractivity contribution in [3.8, 4) is 5.69 Å². The van der Waals surface area contributed by atoms with Crippen LogP contribution in [0, 0.1) is 13.8 Å². The highest BCUT2D eigenvalue weighted by Crippen LogP contribution is 2.17. The van der Waals surface area contributed by atoms with Crippen molar-refractivity contribution in [1.82, 2.24) is 25.3 Å². The summed E-state index contributed by atoms with van der Waals surface area (Å²) in [5, 5.41) is 11.6. The lowest BCUT2D eigenvalue weighted by Gasteiger charge is -2.20. The number of halogens is 1. The number of benzene rings is 1. The molecule has 0 amide bonds. The molecule has 1 aromatic carbocycles. The molecule has 2 N–H and O–H groups in total. The Hall–Kier alpha value is -1.61. The van der Waals surface area contributed by atoms with Gasteiger partial charge in [0.25, 0.3) is 0 Å². The van der Waals surface area contributed by atoms with Crippen LogP contribution >= 0.6 is 24.0 Å². The number of hydrogen-bond donors (Lipinski definition) is 2. The average molecular weight is 524 g/mol. The molecule has 0 bridgehead atoms. The Morgan fingerprint density at radius 2 is 1.73 bits per heavy atom. The molecule has 1 aromatic heterocycles. The van der Waals surface area contributed by atoms with Gasteiger partial charge in [-0.3, -0.25) is 4.99 Å². The molecule has 0 atom stereocenters. The van der Waals surface area contributed by atoms with E-state index in [9.17, 15) is 0 Å². The topological polar surface area (TPSA) is 57.5 Å². The van der Waals surface area contributed by atoms with Crippen molar-refractivity contribution in [1.29, 1.82) is 0 Å². The van der Waals surface area contributed by atoms with Crippen molar-refractivity contribution in [2.24, 2.45) is 4.99 Å². The number of aliphatic imine (C=N–C) groups is 1. The molecule has 166 valence electrons. The standard InChI is InChI=1S/C23H36N6.HI/c1-19-22(20(2)29(27-19)21-12-7-6-8-13-21)18-26-23(24-3)25-14-11-17-28-15-9-4-5-10-16-28;/h6-8,12-13H,4-5,9-11,14-18H2,1-3H3,(H2,24,25,26);1H. The number of likely N-dealkylation sites (tertiary alicyclic amines) is 1. The first-order valence-corrected chi connectivity index (χ1v) is 11.0. The summed E-state index contributed by atoms with van der Waals surface area (Å²) in [5.74, 6) is 0.854. The van der Waals surface area contributed by atoms with Gasteiger partial charge in [0.1, 0.15) is 0 Å². The van der Waals surface area contributed by atoms with E-state index in [1.807, 2.05) is 29.9 Å². The van der Waals surface area contributed by atoms with Gasteiger partial charge in [-0.15, -0.1) is 24.0 Å². The maximum atomic E-state index is 4.73. The van der Waals surface area contributed by atoms with Crippen LogP contribution in [0.5, 0.6) is 0 Å². The fraction of sp³-hybridized carbons (Fsp3) is 0.565. The smallest absolute Gasteiger partial charge is 0.191 e. The van der Waals surface area contributed by atoms with Crippen LogP contribution in [0.1, 0.15) is 49.1 Å². The molecule has 7 heteroatoms. The Kier molecular flexibility index (Phi) is 10.6. The van der Waals surface area contributed by atoms with Crippen LogP contribution in [0.4, 0.5) is 0 Å². The highest BCUT2D eigenvalue weighted by atomic mass is 127. The molecule has 30 heavy (non-hydrogen) atoms. The summed E-state index contributed by atoms with van der Waals surface area (Å²) in [7, 11) is 1.83.